The first-order valence-corrected chi connectivity index (χ1v) is 11.4. The van der Waals surface area contributed by atoms with Crippen LogP contribution in [-0.2, 0) is 11.3 Å². The Hall–Kier alpha value is -2.51. The number of fused-ring (bicyclic) bond motifs is 5. The second-order valence-electron chi connectivity index (χ2n) is 7.38. The fourth-order valence-electron chi connectivity index (χ4n) is 4.04. The van der Waals surface area contributed by atoms with Crippen LogP contribution in [0.5, 0.6) is 5.75 Å². The lowest BCUT2D eigenvalue weighted by Crippen LogP contribution is -2.31. The van der Waals surface area contributed by atoms with E-state index < -0.39 is 0 Å². The first-order valence-electron chi connectivity index (χ1n) is 9.55. The van der Waals surface area contributed by atoms with Crippen molar-refractivity contribution in [3.05, 3.63) is 74.2 Å². The second-order valence-corrected chi connectivity index (χ2v) is 9.39. The molecule has 2 aliphatic heterocycles. The number of rotatable bonds is 3. The van der Waals surface area contributed by atoms with Gasteiger partial charge in [0, 0.05) is 33.7 Å². The van der Waals surface area contributed by atoms with Gasteiger partial charge in [-0.1, -0.05) is 47.7 Å². The van der Waals surface area contributed by atoms with Gasteiger partial charge in [-0.25, -0.2) is 0 Å². The highest BCUT2D eigenvalue weighted by molar-refractivity contribution is 7.99. The number of ether oxygens (including phenoxy) is 1. The number of aryl methyl sites for hydroxylation is 1. The molecule has 148 valence electrons. The number of nitrogens with zero attached hydrogens (tertiary/aromatic N) is 1. The summed E-state index contributed by atoms with van der Waals surface area (Å²) in [4.78, 5) is 26.4. The van der Waals surface area contributed by atoms with Crippen molar-refractivity contribution in [2.75, 3.05) is 17.7 Å². The van der Waals surface area contributed by atoms with Crippen molar-refractivity contribution in [3.8, 4) is 5.75 Å². The monoisotopic (exact) mass is 424 g/mol. The van der Waals surface area contributed by atoms with Crippen LogP contribution in [0.3, 0.4) is 0 Å². The molecule has 0 radical (unpaired) electrons. The molecule has 0 fully saturated rings. The zero-order chi connectivity index (χ0) is 20.0. The molecule has 0 spiro atoms. The number of hydrogen-bond acceptors (Lipinski definition) is 5. The van der Waals surface area contributed by atoms with Crippen LogP contribution in [0.2, 0.25) is 0 Å². The standard InChI is InChI=1S/C22H20N2O3S2/c1-13-6-2-4-8-16(13)23-18(25)10-24-21-20(29-22(24)26)19-14(12-28-21)11-27-17-9-5-3-7-15(17)19/h2-9,14,19H,10-12H2,1H3,(H,23,25)/t14-,19+/m1/s1. The number of para-hydroxylation sites is 2. The highest BCUT2D eigenvalue weighted by Crippen LogP contribution is 2.50. The van der Waals surface area contributed by atoms with E-state index in [1.165, 1.54) is 11.3 Å². The molecule has 29 heavy (non-hydrogen) atoms. The molecule has 5 nitrogen and oxygen atoms in total. The van der Waals surface area contributed by atoms with E-state index in [4.69, 9.17) is 4.74 Å². The zero-order valence-corrected chi connectivity index (χ0v) is 17.5. The van der Waals surface area contributed by atoms with Gasteiger partial charge in [-0.2, -0.15) is 0 Å². The second kappa shape index (κ2) is 7.39. The number of thiazole rings is 1. The van der Waals surface area contributed by atoms with Gasteiger partial charge in [0.25, 0.3) is 0 Å². The minimum atomic E-state index is -0.183. The van der Waals surface area contributed by atoms with E-state index in [0.717, 1.165) is 38.2 Å². The van der Waals surface area contributed by atoms with Crippen molar-refractivity contribution in [2.45, 2.75) is 24.4 Å². The molecule has 0 saturated heterocycles. The predicted octanol–water partition coefficient (Wildman–Crippen LogP) is 4.10. The third kappa shape index (κ3) is 3.28. The minimum Gasteiger partial charge on any atom is -0.493 e. The van der Waals surface area contributed by atoms with E-state index in [2.05, 4.69) is 11.4 Å². The fraction of sp³-hybridized carbons (Fsp3) is 0.273. The number of nitrogens with one attached hydrogen (secondary N) is 1. The summed E-state index contributed by atoms with van der Waals surface area (Å²) >= 11 is 2.93. The Morgan fingerprint density at radius 2 is 2.00 bits per heavy atom. The summed E-state index contributed by atoms with van der Waals surface area (Å²) in [5, 5.41) is 3.86. The average molecular weight is 425 g/mol. The molecule has 3 heterocycles. The molecule has 0 aliphatic carbocycles. The van der Waals surface area contributed by atoms with Crippen molar-refractivity contribution in [3.63, 3.8) is 0 Å². The molecule has 1 N–H and O–H groups in total. The lowest BCUT2D eigenvalue weighted by molar-refractivity contribution is -0.116. The van der Waals surface area contributed by atoms with E-state index in [1.807, 2.05) is 49.4 Å². The summed E-state index contributed by atoms with van der Waals surface area (Å²) in [5.41, 5.74) is 2.92. The summed E-state index contributed by atoms with van der Waals surface area (Å²) in [6.07, 6.45) is 0. The minimum absolute atomic E-state index is 0.0293. The number of benzene rings is 2. The highest BCUT2D eigenvalue weighted by atomic mass is 32.2. The Labute approximate surface area is 176 Å². The van der Waals surface area contributed by atoms with E-state index in [0.29, 0.717) is 12.5 Å². The summed E-state index contributed by atoms with van der Waals surface area (Å²) in [5.74, 6) is 2.10. The van der Waals surface area contributed by atoms with Crippen LogP contribution in [0.15, 0.2) is 58.4 Å². The van der Waals surface area contributed by atoms with Crippen molar-refractivity contribution in [2.24, 2.45) is 5.92 Å². The van der Waals surface area contributed by atoms with Crippen molar-refractivity contribution in [1.82, 2.24) is 4.57 Å². The molecule has 3 aromatic rings. The van der Waals surface area contributed by atoms with Crippen LogP contribution < -0.4 is 14.9 Å². The van der Waals surface area contributed by atoms with Crippen molar-refractivity contribution >= 4 is 34.7 Å². The SMILES string of the molecule is Cc1ccccc1NC(=O)Cn1c2c(sc1=O)[C@@H]1c3ccccc3OC[C@@H]1CS2. The quantitative estimate of drug-likeness (QED) is 0.688. The number of amides is 1. The van der Waals surface area contributed by atoms with Crippen molar-refractivity contribution in [1.29, 1.82) is 0 Å². The van der Waals surface area contributed by atoms with E-state index >= 15 is 0 Å². The Morgan fingerprint density at radius 1 is 1.21 bits per heavy atom. The van der Waals surface area contributed by atoms with Gasteiger partial charge < -0.3 is 10.1 Å². The molecule has 0 bridgehead atoms. The molecular weight excluding hydrogens is 404 g/mol. The maximum Gasteiger partial charge on any atom is 0.308 e. The Balaban J connectivity index is 1.46. The molecule has 7 heteroatoms. The number of carbonyl (C=O) groups is 1. The predicted molar refractivity (Wildman–Crippen MR) is 116 cm³/mol. The van der Waals surface area contributed by atoms with Gasteiger partial charge in [-0.3, -0.25) is 14.2 Å². The molecule has 2 atom stereocenters. The molecule has 1 aromatic heterocycles. The Morgan fingerprint density at radius 3 is 2.86 bits per heavy atom. The number of anilines is 1. The Bertz CT molecular complexity index is 1150. The summed E-state index contributed by atoms with van der Waals surface area (Å²) in [7, 11) is 0. The molecule has 1 amide bonds. The third-order valence-corrected chi connectivity index (χ3v) is 7.99. The van der Waals surface area contributed by atoms with Gasteiger partial charge in [-0.15, -0.1) is 11.8 Å². The van der Waals surface area contributed by atoms with Crippen molar-refractivity contribution < 1.29 is 9.53 Å². The van der Waals surface area contributed by atoms with Gasteiger partial charge in [-0.05, 0) is 24.6 Å². The number of aromatic nitrogens is 1. The molecular formula is C22H20N2O3S2. The number of thioether (sulfide) groups is 1. The van der Waals surface area contributed by atoms with Gasteiger partial charge in [0.1, 0.15) is 12.3 Å². The summed E-state index contributed by atoms with van der Waals surface area (Å²) in [6.45, 7) is 2.64. The summed E-state index contributed by atoms with van der Waals surface area (Å²) in [6, 6.07) is 15.7. The van der Waals surface area contributed by atoms with Gasteiger partial charge in [0.2, 0.25) is 5.91 Å². The maximum absolute atomic E-state index is 12.8. The smallest absolute Gasteiger partial charge is 0.308 e. The fourth-order valence-corrected chi connectivity index (χ4v) is 6.73. The third-order valence-electron chi connectivity index (χ3n) is 5.49. The van der Waals surface area contributed by atoms with E-state index in [9.17, 15) is 9.59 Å². The highest BCUT2D eigenvalue weighted by Gasteiger charge is 2.39. The molecule has 0 unspecified atom stereocenters. The average Bonchev–Trinajstić information content (AvgIpc) is 3.04. The van der Waals surface area contributed by atoms with Gasteiger partial charge >= 0.3 is 4.87 Å². The first-order chi connectivity index (χ1) is 14.1. The molecule has 5 rings (SSSR count). The first kappa shape index (κ1) is 18.5. The van der Waals surface area contributed by atoms with Crippen LogP contribution in [-0.4, -0.2) is 22.8 Å². The molecule has 0 saturated carbocycles. The number of hydrogen-bond donors (Lipinski definition) is 1. The Kier molecular flexibility index (Phi) is 4.72. The van der Waals surface area contributed by atoms with E-state index in [1.54, 1.807) is 16.3 Å². The lowest BCUT2D eigenvalue weighted by atomic mass is 9.84. The van der Waals surface area contributed by atoms with Crippen LogP contribution >= 0.6 is 23.1 Å². The largest absolute Gasteiger partial charge is 0.493 e. The van der Waals surface area contributed by atoms with Crippen LogP contribution in [0, 0.1) is 12.8 Å². The van der Waals surface area contributed by atoms with E-state index in [-0.39, 0.29) is 23.2 Å². The normalized spacial score (nSPS) is 19.5. The van der Waals surface area contributed by atoms with Crippen LogP contribution in [0.4, 0.5) is 5.69 Å². The number of carbonyl (C=O) groups excluding carboxylic acids is 1. The van der Waals surface area contributed by atoms with Crippen LogP contribution in [0.25, 0.3) is 0 Å². The summed E-state index contributed by atoms with van der Waals surface area (Å²) < 4.78 is 7.56. The molecule has 2 aliphatic rings. The topological polar surface area (TPSA) is 60.3 Å². The van der Waals surface area contributed by atoms with Gasteiger partial charge in [0.05, 0.1) is 11.6 Å². The lowest BCUT2D eigenvalue weighted by Gasteiger charge is -2.36. The zero-order valence-electron chi connectivity index (χ0n) is 15.9. The van der Waals surface area contributed by atoms with Crippen LogP contribution in [0.1, 0.15) is 21.9 Å². The van der Waals surface area contributed by atoms with Gasteiger partial charge in [0.15, 0.2) is 0 Å². The molecule has 2 aromatic carbocycles. The maximum atomic E-state index is 12.8.